The van der Waals surface area contributed by atoms with Gasteiger partial charge in [0.1, 0.15) is 11.9 Å². The Bertz CT molecular complexity index is 976. The first-order chi connectivity index (χ1) is 13.1. The second-order valence-corrected chi connectivity index (χ2v) is 7.79. The van der Waals surface area contributed by atoms with Crippen molar-refractivity contribution < 1.29 is 9.13 Å². The van der Waals surface area contributed by atoms with Gasteiger partial charge in [0, 0.05) is 24.9 Å². The van der Waals surface area contributed by atoms with E-state index in [9.17, 15) is 0 Å². The van der Waals surface area contributed by atoms with Crippen molar-refractivity contribution in [1.82, 2.24) is 24.5 Å². The van der Waals surface area contributed by atoms with Gasteiger partial charge < -0.3 is 4.74 Å². The molecule has 2 atom stereocenters. The quantitative estimate of drug-likeness (QED) is 0.712. The first-order valence-electron chi connectivity index (χ1n) is 9.53. The lowest BCUT2D eigenvalue weighted by Gasteiger charge is -2.43. The Balaban J connectivity index is 1.48. The summed E-state index contributed by atoms with van der Waals surface area (Å²) >= 11 is 0. The van der Waals surface area contributed by atoms with Gasteiger partial charge >= 0.3 is 0 Å². The Morgan fingerprint density at radius 3 is 2.70 bits per heavy atom. The number of aryl methyl sites for hydroxylation is 2. The van der Waals surface area contributed by atoms with Gasteiger partial charge in [-0.2, -0.15) is 10.2 Å². The zero-order valence-corrected chi connectivity index (χ0v) is 15.7. The van der Waals surface area contributed by atoms with Crippen molar-refractivity contribution in [2.24, 2.45) is 7.05 Å². The van der Waals surface area contributed by atoms with Gasteiger partial charge in [0.15, 0.2) is 0 Å². The summed E-state index contributed by atoms with van der Waals surface area (Å²) in [6, 6.07) is 4.66. The SMILES string of the molecule is Cc1cc2cnn(-c3cnn(C)c3)c2cc1[C@@H]1CCN(C2COC2)C[C@@H]1F. The maximum absolute atomic E-state index is 15.1. The summed E-state index contributed by atoms with van der Waals surface area (Å²) < 4.78 is 24.0. The van der Waals surface area contributed by atoms with E-state index in [0.29, 0.717) is 12.6 Å². The number of alkyl halides is 1. The summed E-state index contributed by atoms with van der Waals surface area (Å²) in [5, 5.41) is 9.84. The van der Waals surface area contributed by atoms with Crippen LogP contribution in [0.3, 0.4) is 0 Å². The molecule has 3 aromatic rings. The number of halogens is 1. The summed E-state index contributed by atoms with van der Waals surface area (Å²) in [5.74, 6) is -0.0658. The van der Waals surface area contributed by atoms with Gasteiger partial charge in [-0.05, 0) is 43.1 Å². The predicted octanol–water partition coefficient (Wildman–Crippen LogP) is 2.59. The van der Waals surface area contributed by atoms with Crippen molar-refractivity contribution in [1.29, 1.82) is 0 Å². The van der Waals surface area contributed by atoms with Gasteiger partial charge in [-0.3, -0.25) is 9.58 Å². The van der Waals surface area contributed by atoms with E-state index in [1.165, 1.54) is 0 Å². The number of nitrogens with zero attached hydrogens (tertiary/aromatic N) is 5. The van der Waals surface area contributed by atoms with Crippen molar-refractivity contribution in [3.05, 3.63) is 41.9 Å². The van der Waals surface area contributed by atoms with Crippen LogP contribution >= 0.6 is 0 Å². The molecule has 5 rings (SSSR count). The van der Waals surface area contributed by atoms with Crippen LogP contribution in [0.5, 0.6) is 0 Å². The van der Waals surface area contributed by atoms with Crippen LogP contribution in [0, 0.1) is 6.92 Å². The fourth-order valence-electron chi connectivity index (χ4n) is 4.37. The third-order valence-corrected chi connectivity index (χ3v) is 6.00. The predicted molar refractivity (Wildman–Crippen MR) is 101 cm³/mol. The van der Waals surface area contributed by atoms with Crippen LogP contribution in [0.25, 0.3) is 16.6 Å². The van der Waals surface area contributed by atoms with Crippen LogP contribution in [-0.2, 0) is 11.8 Å². The number of hydrogen-bond acceptors (Lipinski definition) is 4. The molecule has 0 radical (unpaired) electrons. The number of fused-ring (bicyclic) bond motifs is 1. The Hall–Kier alpha value is -2.25. The molecule has 0 bridgehead atoms. The van der Waals surface area contributed by atoms with E-state index in [1.807, 2.05) is 24.1 Å². The maximum atomic E-state index is 15.1. The molecule has 0 amide bonds. The number of rotatable bonds is 3. The highest BCUT2D eigenvalue weighted by atomic mass is 19.1. The van der Waals surface area contributed by atoms with E-state index in [4.69, 9.17) is 4.74 Å². The lowest BCUT2D eigenvalue weighted by Crippen LogP contribution is -2.54. The average molecular weight is 369 g/mol. The van der Waals surface area contributed by atoms with Crippen molar-refractivity contribution in [2.75, 3.05) is 26.3 Å². The standard InChI is InChI=1S/C20H24FN5O/c1-13-5-14-7-23-26(15-8-22-24(2)9-15)20(14)6-18(13)17-3-4-25(10-19(17)21)16-11-27-12-16/h5-9,16-17,19H,3-4,10-12H2,1-2H3/t17-,19-/m0/s1. The lowest BCUT2D eigenvalue weighted by atomic mass is 9.84. The minimum atomic E-state index is -0.856. The minimum Gasteiger partial charge on any atom is -0.378 e. The molecular weight excluding hydrogens is 345 g/mol. The lowest BCUT2D eigenvalue weighted by molar-refractivity contribution is -0.0807. The zero-order chi connectivity index (χ0) is 18.5. The fourth-order valence-corrected chi connectivity index (χ4v) is 4.37. The summed E-state index contributed by atoms with van der Waals surface area (Å²) in [6.07, 6.45) is 5.58. The van der Waals surface area contributed by atoms with E-state index >= 15 is 4.39 Å². The first-order valence-corrected chi connectivity index (χ1v) is 9.53. The smallest absolute Gasteiger partial charge is 0.120 e. The van der Waals surface area contributed by atoms with Crippen LogP contribution < -0.4 is 0 Å². The average Bonchev–Trinajstić information content (AvgIpc) is 3.18. The molecule has 1 aromatic carbocycles. The molecule has 2 aliphatic heterocycles. The maximum Gasteiger partial charge on any atom is 0.120 e. The molecule has 2 fully saturated rings. The Morgan fingerprint density at radius 2 is 2.04 bits per heavy atom. The van der Waals surface area contributed by atoms with Crippen LogP contribution in [0.1, 0.15) is 23.5 Å². The monoisotopic (exact) mass is 369 g/mol. The van der Waals surface area contributed by atoms with E-state index in [2.05, 4.69) is 34.2 Å². The molecular formula is C20H24FN5O. The van der Waals surface area contributed by atoms with E-state index in [0.717, 1.165) is 53.9 Å². The second-order valence-electron chi connectivity index (χ2n) is 7.79. The van der Waals surface area contributed by atoms with E-state index in [-0.39, 0.29) is 5.92 Å². The van der Waals surface area contributed by atoms with Crippen LogP contribution in [0.15, 0.2) is 30.7 Å². The minimum absolute atomic E-state index is 0.0658. The highest BCUT2D eigenvalue weighted by Gasteiger charge is 2.36. The number of hydrogen-bond donors (Lipinski definition) is 0. The van der Waals surface area contributed by atoms with Crippen molar-refractivity contribution in [3.63, 3.8) is 0 Å². The molecule has 0 unspecified atom stereocenters. The molecule has 0 aliphatic carbocycles. The summed E-state index contributed by atoms with van der Waals surface area (Å²) in [4.78, 5) is 2.25. The molecule has 7 heteroatoms. The summed E-state index contributed by atoms with van der Waals surface area (Å²) in [5.41, 5.74) is 4.16. The second kappa shape index (κ2) is 6.42. The number of ether oxygens (including phenoxy) is 1. The molecule has 0 spiro atoms. The molecule has 2 saturated heterocycles. The highest BCUT2D eigenvalue weighted by molar-refractivity contribution is 5.82. The number of piperidine rings is 1. The van der Waals surface area contributed by atoms with Gasteiger partial charge in [-0.15, -0.1) is 0 Å². The zero-order valence-electron chi connectivity index (χ0n) is 15.7. The van der Waals surface area contributed by atoms with Gasteiger partial charge in [0.05, 0.1) is 43.4 Å². The molecule has 4 heterocycles. The Labute approximate surface area is 157 Å². The third-order valence-electron chi connectivity index (χ3n) is 6.00. The largest absolute Gasteiger partial charge is 0.378 e. The summed E-state index contributed by atoms with van der Waals surface area (Å²) in [6.45, 7) is 4.99. The number of likely N-dealkylation sites (tertiary alicyclic amines) is 1. The van der Waals surface area contributed by atoms with Crippen LogP contribution in [0.4, 0.5) is 4.39 Å². The number of aromatic nitrogens is 4. The molecule has 2 aliphatic rings. The van der Waals surface area contributed by atoms with Crippen LogP contribution in [0.2, 0.25) is 0 Å². The molecule has 142 valence electrons. The van der Waals surface area contributed by atoms with Gasteiger partial charge in [-0.1, -0.05) is 0 Å². The molecule has 2 aromatic heterocycles. The van der Waals surface area contributed by atoms with Gasteiger partial charge in [0.2, 0.25) is 0 Å². The van der Waals surface area contributed by atoms with E-state index in [1.54, 1.807) is 10.9 Å². The molecule has 0 saturated carbocycles. The normalized spacial score (nSPS) is 24.4. The summed E-state index contributed by atoms with van der Waals surface area (Å²) in [7, 11) is 1.89. The van der Waals surface area contributed by atoms with Crippen molar-refractivity contribution in [2.45, 2.75) is 31.5 Å². The topological polar surface area (TPSA) is 48.1 Å². The van der Waals surface area contributed by atoms with Crippen LogP contribution in [-0.4, -0.2) is 63.0 Å². The Morgan fingerprint density at radius 1 is 1.19 bits per heavy atom. The highest BCUT2D eigenvalue weighted by Crippen LogP contribution is 2.36. The fraction of sp³-hybridized carbons (Fsp3) is 0.500. The van der Waals surface area contributed by atoms with Crippen molar-refractivity contribution >= 4 is 10.9 Å². The molecule has 6 nitrogen and oxygen atoms in total. The Kier molecular flexibility index (Phi) is 4.02. The van der Waals surface area contributed by atoms with Crippen molar-refractivity contribution in [3.8, 4) is 5.69 Å². The third kappa shape index (κ3) is 2.85. The van der Waals surface area contributed by atoms with Gasteiger partial charge in [0.25, 0.3) is 0 Å². The first kappa shape index (κ1) is 16.9. The number of benzene rings is 1. The molecule has 0 N–H and O–H groups in total. The molecule has 27 heavy (non-hydrogen) atoms. The van der Waals surface area contributed by atoms with Gasteiger partial charge in [-0.25, -0.2) is 9.07 Å². The van der Waals surface area contributed by atoms with E-state index < -0.39 is 6.17 Å².